The molecule has 0 saturated carbocycles. The Balaban J connectivity index is 1.74. The minimum absolute atomic E-state index is 0.469. The van der Waals surface area contributed by atoms with Gasteiger partial charge in [-0.15, -0.1) is 0 Å². The summed E-state index contributed by atoms with van der Waals surface area (Å²) >= 11 is 0. The Morgan fingerprint density at radius 1 is 1.14 bits per heavy atom. The van der Waals surface area contributed by atoms with E-state index < -0.39 is 7.12 Å². The van der Waals surface area contributed by atoms with Gasteiger partial charge in [-0.25, -0.2) is 0 Å². The lowest BCUT2D eigenvalue weighted by atomic mass is 9.80. The normalized spacial score (nSPS) is 19.0. The standard InChI is InChI=1S/C16H26BNO3/c1-16(2)8-3-10-18(11-9-16)12-13-21-15-6-4-14(5-7-15)17(19)20/h4-7,19-20H,3,8-13H2,1-2H3. The van der Waals surface area contributed by atoms with E-state index in [2.05, 4.69) is 18.7 Å². The molecule has 1 aromatic rings. The van der Waals surface area contributed by atoms with Gasteiger partial charge >= 0.3 is 7.12 Å². The zero-order chi connectivity index (χ0) is 15.3. The van der Waals surface area contributed by atoms with Crippen molar-refractivity contribution in [2.24, 2.45) is 5.41 Å². The molecule has 21 heavy (non-hydrogen) atoms. The van der Waals surface area contributed by atoms with Crippen LogP contribution >= 0.6 is 0 Å². The quantitative estimate of drug-likeness (QED) is 0.802. The van der Waals surface area contributed by atoms with Gasteiger partial charge in [-0.05, 0) is 55.4 Å². The Morgan fingerprint density at radius 3 is 2.52 bits per heavy atom. The highest BCUT2D eigenvalue weighted by molar-refractivity contribution is 6.58. The Morgan fingerprint density at radius 2 is 1.86 bits per heavy atom. The SMILES string of the molecule is CC1(C)CCCN(CCOc2ccc(B(O)O)cc2)CC1. The van der Waals surface area contributed by atoms with Crippen LogP contribution in [-0.4, -0.2) is 48.3 Å². The molecule has 2 N–H and O–H groups in total. The largest absolute Gasteiger partial charge is 0.492 e. The molecule has 5 heteroatoms. The monoisotopic (exact) mass is 291 g/mol. The number of benzene rings is 1. The molecule has 0 amide bonds. The van der Waals surface area contributed by atoms with Crippen LogP contribution in [0.25, 0.3) is 0 Å². The van der Waals surface area contributed by atoms with E-state index in [1.54, 1.807) is 24.3 Å². The lowest BCUT2D eigenvalue weighted by Gasteiger charge is -2.23. The maximum Gasteiger partial charge on any atom is 0.488 e. The zero-order valence-electron chi connectivity index (χ0n) is 13.1. The van der Waals surface area contributed by atoms with Crippen LogP contribution in [0.4, 0.5) is 0 Å². The number of hydrogen-bond acceptors (Lipinski definition) is 4. The average molecular weight is 291 g/mol. The first-order valence-electron chi connectivity index (χ1n) is 7.78. The van der Waals surface area contributed by atoms with E-state index in [9.17, 15) is 0 Å². The molecule has 4 nitrogen and oxygen atoms in total. The second-order valence-electron chi connectivity index (χ2n) is 6.65. The summed E-state index contributed by atoms with van der Waals surface area (Å²) in [7, 11) is -1.42. The van der Waals surface area contributed by atoms with Crippen LogP contribution in [-0.2, 0) is 0 Å². The maximum absolute atomic E-state index is 9.04. The van der Waals surface area contributed by atoms with Crippen LogP contribution in [0, 0.1) is 5.41 Å². The van der Waals surface area contributed by atoms with Gasteiger partial charge in [-0.1, -0.05) is 26.0 Å². The second kappa shape index (κ2) is 7.30. The van der Waals surface area contributed by atoms with Gasteiger partial charge in [0.1, 0.15) is 12.4 Å². The van der Waals surface area contributed by atoms with Crippen molar-refractivity contribution in [3.05, 3.63) is 24.3 Å². The van der Waals surface area contributed by atoms with Gasteiger partial charge < -0.3 is 14.8 Å². The highest BCUT2D eigenvalue weighted by Gasteiger charge is 2.22. The molecule has 0 atom stereocenters. The van der Waals surface area contributed by atoms with Crippen LogP contribution in [0.15, 0.2) is 24.3 Å². The Bertz CT molecular complexity index is 434. The highest BCUT2D eigenvalue weighted by atomic mass is 16.5. The molecule has 0 spiro atoms. The van der Waals surface area contributed by atoms with Gasteiger partial charge in [-0.2, -0.15) is 0 Å². The zero-order valence-corrected chi connectivity index (χ0v) is 13.1. The van der Waals surface area contributed by atoms with Crippen LogP contribution in [0.3, 0.4) is 0 Å². The molecule has 0 unspecified atom stereocenters. The van der Waals surface area contributed by atoms with E-state index in [0.717, 1.165) is 25.4 Å². The molecule has 1 heterocycles. The van der Waals surface area contributed by atoms with Crippen LogP contribution in [0.1, 0.15) is 33.1 Å². The summed E-state index contributed by atoms with van der Waals surface area (Å²) in [4.78, 5) is 2.47. The molecule has 1 aliphatic heterocycles. The van der Waals surface area contributed by atoms with Crippen molar-refractivity contribution in [3.8, 4) is 5.75 Å². The Kier molecular flexibility index (Phi) is 5.68. The van der Waals surface area contributed by atoms with Crippen molar-refractivity contribution in [1.29, 1.82) is 0 Å². The van der Waals surface area contributed by atoms with Crippen LogP contribution in [0.5, 0.6) is 5.75 Å². The molecule has 0 aromatic heterocycles. The highest BCUT2D eigenvalue weighted by Crippen LogP contribution is 2.29. The molecule has 1 fully saturated rings. The summed E-state index contributed by atoms with van der Waals surface area (Å²) in [6, 6.07) is 6.91. The fraction of sp³-hybridized carbons (Fsp3) is 0.625. The van der Waals surface area contributed by atoms with Gasteiger partial charge in [0.25, 0.3) is 0 Å². The van der Waals surface area contributed by atoms with E-state index in [-0.39, 0.29) is 0 Å². The van der Waals surface area contributed by atoms with E-state index in [0.29, 0.717) is 17.5 Å². The van der Waals surface area contributed by atoms with Crippen molar-refractivity contribution in [2.45, 2.75) is 33.1 Å². The van der Waals surface area contributed by atoms with E-state index in [1.807, 2.05) is 0 Å². The molecule has 1 aromatic carbocycles. The number of likely N-dealkylation sites (tertiary alicyclic amines) is 1. The lowest BCUT2D eigenvalue weighted by molar-refractivity contribution is 0.207. The van der Waals surface area contributed by atoms with Gasteiger partial charge in [0.2, 0.25) is 0 Å². The fourth-order valence-electron chi connectivity index (χ4n) is 2.73. The topological polar surface area (TPSA) is 52.9 Å². The van der Waals surface area contributed by atoms with E-state index in [4.69, 9.17) is 14.8 Å². The lowest BCUT2D eigenvalue weighted by Crippen LogP contribution is -2.30. The van der Waals surface area contributed by atoms with Crippen LogP contribution in [0.2, 0.25) is 0 Å². The third-order valence-corrected chi connectivity index (χ3v) is 4.29. The van der Waals surface area contributed by atoms with E-state index >= 15 is 0 Å². The molecule has 0 radical (unpaired) electrons. The Labute approximate surface area is 127 Å². The molecule has 1 saturated heterocycles. The summed E-state index contributed by atoms with van der Waals surface area (Å²) in [5.74, 6) is 0.773. The first-order chi connectivity index (χ1) is 9.96. The van der Waals surface area contributed by atoms with Gasteiger partial charge in [-0.3, -0.25) is 4.90 Å². The minimum Gasteiger partial charge on any atom is -0.492 e. The van der Waals surface area contributed by atoms with Crippen molar-refractivity contribution in [1.82, 2.24) is 4.90 Å². The van der Waals surface area contributed by atoms with Crippen LogP contribution < -0.4 is 10.2 Å². The van der Waals surface area contributed by atoms with Crippen molar-refractivity contribution >= 4 is 12.6 Å². The Hall–Kier alpha value is -1.04. The van der Waals surface area contributed by atoms with E-state index in [1.165, 1.54) is 19.3 Å². The summed E-state index contributed by atoms with van der Waals surface area (Å²) in [5.41, 5.74) is 0.952. The molecule has 0 bridgehead atoms. The molecule has 1 aliphatic rings. The molecular weight excluding hydrogens is 265 g/mol. The molecule has 2 rings (SSSR count). The van der Waals surface area contributed by atoms with Crippen molar-refractivity contribution < 1.29 is 14.8 Å². The summed E-state index contributed by atoms with van der Waals surface area (Å²) in [6.07, 6.45) is 3.81. The van der Waals surface area contributed by atoms with Gasteiger partial charge in [0.05, 0.1) is 0 Å². The predicted molar refractivity (Wildman–Crippen MR) is 85.8 cm³/mol. The maximum atomic E-state index is 9.04. The van der Waals surface area contributed by atoms with Crippen molar-refractivity contribution in [3.63, 3.8) is 0 Å². The smallest absolute Gasteiger partial charge is 0.488 e. The molecule has 0 aliphatic carbocycles. The number of ether oxygens (including phenoxy) is 1. The summed E-state index contributed by atoms with van der Waals surface area (Å²) < 4.78 is 5.73. The molecule has 116 valence electrons. The second-order valence-corrected chi connectivity index (χ2v) is 6.65. The predicted octanol–water partition coefficient (Wildman–Crippen LogP) is 1.26. The minimum atomic E-state index is -1.42. The first kappa shape index (κ1) is 16.3. The first-order valence-corrected chi connectivity index (χ1v) is 7.78. The number of hydrogen-bond donors (Lipinski definition) is 2. The number of rotatable bonds is 5. The summed E-state index contributed by atoms with van der Waals surface area (Å²) in [5, 5.41) is 18.1. The third-order valence-electron chi connectivity index (χ3n) is 4.29. The average Bonchev–Trinajstić information content (AvgIpc) is 2.61. The van der Waals surface area contributed by atoms with Gasteiger partial charge in [0, 0.05) is 6.54 Å². The third kappa shape index (κ3) is 5.34. The fourth-order valence-corrected chi connectivity index (χ4v) is 2.73. The van der Waals surface area contributed by atoms with Crippen molar-refractivity contribution in [2.75, 3.05) is 26.2 Å². The summed E-state index contributed by atoms with van der Waals surface area (Å²) in [6.45, 7) is 8.62. The molecular formula is C16H26BNO3. The van der Waals surface area contributed by atoms with Gasteiger partial charge in [0.15, 0.2) is 0 Å². The number of nitrogens with zero attached hydrogens (tertiary/aromatic N) is 1.